The number of carboxylic acid groups (broad SMARTS) is 1. The highest BCUT2D eigenvalue weighted by atomic mass is 35.5. The number of rotatable bonds is 10. The minimum absolute atomic E-state index is 0.00858. The fraction of sp³-hybridized carbons (Fsp3) is 0.259. The van der Waals surface area contributed by atoms with Crippen LogP contribution < -0.4 is 0 Å². The number of aromatic nitrogens is 7. The zero-order valence-corrected chi connectivity index (χ0v) is 21.1. The molecule has 188 valence electrons. The van der Waals surface area contributed by atoms with Gasteiger partial charge in [0.1, 0.15) is 5.82 Å². The number of pyridine rings is 1. The van der Waals surface area contributed by atoms with E-state index in [2.05, 4.69) is 49.2 Å². The first-order chi connectivity index (χ1) is 18.0. The number of halogens is 1. The van der Waals surface area contributed by atoms with Crippen LogP contribution in [0.1, 0.15) is 43.3 Å². The van der Waals surface area contributed by atoms with Crippen LogP contribution in [0.4, 0.5) is 0 Å². The molecule has 5 rings (SSSR count). The maximum absolute atomic E-state index is 11.2. The van der Waals surface area contributed by atoms with Crippen LogP contribution >= 0.6 is 11.6 Å². The van der Waals surface area contributed by atoms with E-state index in [0.717, 1.165) is 64.1 Å². The Morgan fingerprint density at radius 2 is 1.89 bits per heavy atom. The second-order valence-electron chi connectivity index (χ2n) is 8.87. The smallest absolute Gasteiger partial charge is 0.303 e. The van der Waals surface area contributed by atoms with Crippen molar-refractivity contribution >= 4 is 28.5 Å². The molecule has 0 bridgehead atoms. The third-order valence-corrected chi connectivity index (χ3v) is 6.63. The standard InChI is InChI=1S/C27H26ClN7O2/c1-2-3-8-24-30-26(28)23(13-14-25(36)37)35(24)16-17-9-11-21-18(15-17)10-12-22(29-21)19-6-4-5-7-20(19)27-31-33-34-32-27/h4-7,9-12,15H,2-3,8,13-14,16H2,1H3,(H,36,37)(H,31,32,33,34). The molecular weight excluding hydrogens is 490 g/mol. The van der Waals surface area contributed by atoms with Crippen molar-refractivity contribution in [1.82, 2.24) is 35.2 Å². The number of fused-ring (bicyclic) bond motifs is 1. The van der Waals surface area contributed by atoms with Crippen LogP contribution in [-0.4, -0.2) is 46.2 Å². The fourth-order valence-corrected chi connectivity index (χ4v) is 4.77. The van der Waals surface area contributed by atoms with Crippen LogP contribution in [0.15, 0.2) is 54.6 Å². The Hall–Kier alpha value is -4.11. The van der Waals surface area contributed by atoms with Crippen molar-refractivity contribution in [2.75, 3.05) is 0 Å². The molecule has 0 atom stereocenters. The molecule has 3 heterocycles. The van der Waals surface area contributed by atoms with Crippen molar-refractivity contribution in [3.8, 4) is 22.6 Å². The maximum atomic E-state index is 11.2. The molecule has 0 spiro atoms. The predicted octanol–water partition coefficient (Wildman–Crippen LogP) is 5.34. The number of benzene rings is 2. The van der Waals surface area contributed by atoms with Crippen LogP contribution in [-0.2, 0) is 24.2 Å². The van der Waals surface area contributed by atoms with Crippen LogP contribution in [0.2, 0.25) is 5.15 Å². The second-order valence-corrected chi connectivity index (χ2v) is 9.23. The molecule has 2 N–H and O–H groups in total. The van der Waals surface area contributed by atoms with Gasteiger partial charge in [0.25, 0.3) is 0 Å². The molecule has 0 aliphatic rings. The number of carboxylic acids is 1. The summed E-state index contributed by atoms with van der Waals surface area (Å²) in [5.41, 5.74) is 5.34. The van der Waals surface area contributed by atoms with Gasteiger partial charge in [0, 0.05) is 35.9 Å². The Labute approximate surface area is 218 Å². The van der Waals surface area contributed by atoms with Crippen molar-refractivity contribution in [3.05, 3.63) is 76.8 Å². The summed E-state index contributed by atoms with van der Waals surface area (Å²) in [7, 11) is 0. The molecule has 0 saturated heterocycles. The van der Waals surface area contributed by atoms with Crippen molar-refractivity contribution in [2.45, 2.75) is 45.6 Å². The molecule has 37 heavy (non-hydrogen) atoms. The summed E-state index contributed by atoms with van der Waals surface area (Å²) in [5.74, 6) is 0.622. The molecule has 3 aromatic heterocycles. The van der Waals surface area contributed by atoms with Gasteiger partial charge >= 0.3 is 5.97 Å². The highest BCUT2D eigenvalue weighted by Crippen LogP contribution is 2.30. The van der Waals surface area contributed by atoms with Crippen molar-refractivity contribution < 1.29 is 9.90 Å². The number of aliphatic carboxylic acids is 1. The summed E-state index contributed by atoms with van der Waals surface area (Å²) in [6.45, 7) is 2.69. The number of hydrogen-bond acceptors (Lipinski definition) is 6. The number of imidazole rings is 1. The normalized spacial score (nSPS) is 11.3. The molecule has 0 saturated carbocycles. The molecule has 0 radical (unpaired) electrons. The number of aromatic amines is 1. The van der Waals surface area contributed by atoms with Crippen LogP contribution in [0.3, 0.4) is 0 Å². The van der Waals surface area contributed by atoms with E-state index in [9.17, 15) is 9.90 Å². The minimum Gasteiger partial charge on any atom is -0.481 e. The van der Waals surface area contributed by atoms with E-state index >= 15 is 0 Å². The van der Waals surface area contributed by atoms with Gasteiger partial charge < -0.3 is 9.67 Å². The summed E-state index contributed by atoms with van der Waals surface area (Å²) in [5, 5.41) is 24.8. The predicted molar refractivity (Wildman–Crippen MR) is 141 cm³/mol. The fourth-order valence-electron chi connectivity index (χ4n) is 4.47. The lowest BCUT2D eigenvalue weighted by molar-refractivity contribution is -0.136. The summed E-state index contributed by atoms with van der Waals surface area (Å²) in [6, 6.07) is 18.1. The number of H-pyrrole nitrogens is 1. The van der Waals surface area contributed by atoms with E-state index in [1.807, 2.05) is 42.5 Å². The van der Waals surface area contributed by atoms with Crippen LogP contribution in [0, 0.1) is 0 Å². The van der Waals surface area contributed by atoms with Gasteiger partial charge in [-0.15, -0.1) is 5.10 Å². The summed E-state index contributed by atoms with van der Waals surface area (Å²) < 4.78 is 2.07. The first-order valence-corrected chi connectivity index (χ1v) is 12.6. The quantitative estimate of drug-likeness (QED) is 0.257. The van der Waals surface area contributed by atoms with Gasteiger partial charge in [-0.3, -0.25) is 4.79 Å². The van der Waals surface area contributed by atoms with Crippen molar-refractivity contribution in [2.24, 2.45) is 0 Å². The first kappa shape index (κ1) is 24.6. The van der Waals surface area contributed by atoms with Crippen LogP contribution in [0.5, 0.6) is 0 Å². The Balaban J connectivity index is 1.47. The van der Waals surface area contributed by atoms with E-state index in [-0.39, 0.29) is 6.42 Å². The van der Waals surface area contributed by atoms with Crippen LogP contribution in [0.25, 0.3) is 33.5 Å². The molecule has 5 aromatic rings. The number of hydrogen-bond donors (Lipinski definition) is 2. The number of nitrogens with one attached hydrogen (secondary N) is 1. The lowest BCUT2D eigenvalue weighted by Gasteiger charge is -2.13. The Kier molecular flexibility index (Phi) is 7.23. The molecule has 0 aliphatic carbocycles. The van der Waals surface area contributed by atoms with E-state index in [1.54, 1.807) is 0 Å². The molecule has 9 nitrogen and oxygen atoms in total. The van der Waals surface area contributed by atoms with E-state index in [1.165, 1.54) is 0 Å². The highest BCUT2D eigenvalue weighted by molar-refractivity contribution is 6.30. The largest absolute Gasteiger partial charge is 0.481 e. The van der Waals surface area contributed by atoms with Gasteiger partial charge in [0.2, 0.25) is 0 Å². The molecule has 0 amide bonds. The van der Waals surface area contributed by atoms with Crippen molar-refractivity contribution in [1.29, 1.82) is 0 Å². The zero-order valence-electron chi connectivity index (χ0n) is 20.4. The van der Waals surface area contributed by atoms with E-state index < -0.39 is 5.97 Å². The summed E-state index contributed by atoms with van der Waals surface area (Å²) >= 11 is 6.45. The zero-order chi connectivity index (χ0) is 25.8. The number of aryl methyl sites for hydroxylation is 1. The van der Waals surface area contributed by atoms with Gasteiger partial charge in [-0.05, 0) is 40.6 Å². The highest BCUT2D eigenvalue weighted by Gasteiger charge is 2.17. The second kappa shape index (κ2) is 10.9. The molecule has 0 fully saturated rings. The topological polar surface area (TPSA) is 122 Å². The van der Waals surface area contributed by atoms with Gasteiger partial charge in [-0.2, -0.15) is 0 Å². The van der Waals surface area contributed by atoms with Gasteiger partial charge in [-0.1, -0.05) is 61.3 Å². The summed E-state index contributed by atoms with van der Waals surface area (Å²) in [6.07, 6.45) is 3.17. The lowest BCUT2D eigenvalue weighted by Crippen LogP contribution is -2.10. The van der Waals surface area contributed by atoms with Gasteiger partial charge in [0.05, 0.1) is 23.3 Å². The van der Waals surface area contributed by atoms with E-state index in [4.69, 9.17) is 16.6 Å². The Morgan fingerprint density at radius 1 is 1.05 bits per heavy atom. The number of carbonyl (C=O) groups is 1. The van der Waals surface area contributed by atoms with Gasteiger partial charge in [0.15, 0.2) is 11.0 Å². The van der Waals surface area contributed by atoms with Crippen molar-refractivity contribution in [3.63, 3.8) is 0 Å². The Morgan fingerprint density at radius 3 is 2.65 bits per heavy atom. The molecule has 0 unspecified atom stereocenters. The molecule has 0 aliphatic heterocycles. The third kappa shape index (κ3) is 5.36. The minimum atomic E-state index is -0.854. The average molecular weight is 516 g/mol. The molecule has 2 aromatic carbocycles. The SMILES string of the molecule is CCCCc1nc(Cl)c(CCC(=O)O)n1Cc1ccc2nc(-c3ccccc3-c3nnn[nH]3)ccc2c1. The number of nitrogens with zero attached hydrogens (tertiary/aromatic N) is 6. The third-order valence-electron chi connectivity index (χ3n) is 6.33. The monoisotopic (exact) mass is 515 g/mol. The van der Waals surface area contributed by atoms with Gasteiger partial charge in [-0.25, -0.2) is 15.1 Å². The van der Waals surface area contributed by atoms with E-state index in [0.29, 0.717) is 23.9 Å². The number of tetrazole rings is 1. The molecule has 10 heteroatoms. The number of unbranched alkanes of at least 4 members (excludes halogenated alkanes) is 1. The summed E-state index contributed by atoms with van der Waals surface area (Å²) in [4.78, 5) is 20.7. The Bertz CT molecular complexity index is 1550. The lowest BCUT2D eigenvalue weighted by atomic mass is 10.0. The first-order valence-electron chi connectivity index (χ1n) is 12.2. The molecular formula is C27H26ClN7O2. The average Bonchev–Trinajstić information content (AvgIpc) is 3.54. The maximum Gasteiger partial charge on any atom is 0.303 e.